The first-order valence-electron chi connectivity index (χ1n) is 6.53. The van der Waals surface area contributed by atoms with Crippen LogP contribution >= 0.6 is 0 Å². The predicted molar refractivity (Wildman–Crippen MR) is 70.8 cm³/mol. The fourth-order valence-corrected chi connectivity index (χ4v) is 2.53. The van der Waals surface area contributed by atoms with Crippen LogP contribution in [0.15, 0.2) is 30.3 Å². The van der Waals surface area contributed by atoms with Crippen molar-refractivity contribution in [2.45, 2.75) is 32.9 Å². The Balaban J connectivity index is 1.74. The zero-order valence-electron chi connectivity index (χ0n) is 10.9. The minimum absolute atomic E-state index is 0.260. The summed E-state index contributed by atoms with van der Waals surface area (Å²) in [5, 5.41) is 4.38. The van der Waals surface area contributed by atoms with Gasteiger partial charge in [0.2, 0.25) is 0 Å². The summed E-state index contributed by atoms with van der Waals surface area (Å²) in [6.45, 7) is 3.08. The monoisotopic (exact) mass is 256 g/mol. The smallest absolute Gasteiger partial charge is 0.342 e. The van der Waals surface area contributed by atoms with Crippen molar-refractivity contribution in [3.8, 4) is 0 Å². The number of aryl methyl sites for hydroxylation is 2. The second kappa shape index (κ2) is 4.88. The van der Waals surface area contributed by atoms with E-state index in [0.717, 1.165) is 36.3 Å². The molecule has 0 bridgehead atoms. The van der Waals surface area contributed by atoms with Crippen molar-refractivity contribution in [3.63, 3.8) is 0 Å². The van der Waals surface area contributed by atoms with E-state index >= 15 is 0 Å². The third kappa shape index (κ3) is 2.26. The minimum Gasteiger partial charge on any atom is -0.457 e. The fraction of sp³-hybridized carbons (Fsp3) is 0.333. The molecule has 0 fully saturated rings. The molecule has 0 unspecified atom stereocenters. The van der Waals surface area contributed by atoms with Crippen molar-refractivity contribution in [3.05, 3.63) is 52.8 Å². The molecule has 0 atom stereocenters. The van der Waals surface area contributed by atoms with Gasteiger partial charge in [-0.05, 0) is 25.3 Å². The van der Waals surface area contributed by atoms with Crippen LogP contribution in [0.2, 0.25) is 0 Å². The second-order valence-electron chi connectivity index (χ2n) is 4.80. The first-order chi connectivity index (χ1) is 9.25. The lowest BCUT2D eigenvalue weighted by molar-refractivity contribution is 0.0470. The zero-order valence-corrected chi connectivity index (χ0v) is 10.9. The van der Waals surface area contributed by atoms with Crippen LogP contribution < -0.4 is 0 Å². The van der Waals surface area contributed by atoms with Crippen molar-refractivity contribution in [2.75, 3.05) is 0 Å². The quantitative estimate of drug-likeness (QED) is 0.792. The van der Waals surface area contributed by atoms with E-state index in [9.17, 15) is 4.79 Å². The number of benzene rings is 1. The number of nitrogens with zero attached hydrogens (tertiary/aromatic N) is 2. The lowest BCUT2D eigenvalue weighted by Gasteiger charge is -2.05. The average Bonchev–Trinajstić information content (AvgIpc) is 2.97. The Hall–Kier alpha value is -2.10. The fourth-order valence-electron chi connectivity index (χ4n) is 2.53. The molecular weight excluding hydrogens is 240 g/mol. The maximum Gasteiger partial charge on any atom is 0.342 e. The molecule has 0 aliphatic carbocycles. The average molecular weight is 256 g/mol. The van der Waals surface area contributed by atoms with Crippen molar-refractivity contribution < 1.29 is 9.53 Å². The number of carbonyl (C=O) groups is 1. The first kappa shape index (κ1) is 12.0. The third-order valence-electron chi connectivity index (χ3n) is 3.43. The molecule has 2 aromatic rings. The molecule has 98 valence electrons. The Morgan fingerprint density at radius 1 is 1.37 bits per heavy atom. The van der Waals surface area contributed by atoms with E-state index < -0.39 is 0 Å². The second-order valence-corrected chi connectivity index (χ2v) is 4.80. The molecule has 0 saturated carbocycles. The summed E-state index contributed by atoms with van der Waals surface area (Å²) in [5.74, 6) is -0.260. The molecule has 1 aliphatic heterocycles. The molecule has 0 N–H and O–H groups in total. The van der Waals surface area contributed by atoms with Crippen molar-refractivity contribution in [1.82, 2.24) is 9.78 Å². The topological polar surface area (TPSA) is 44.1 Å². The highest BCUT2D eigenvalue weighted by atomic mass is 16.5. The summed E-state index contributed by atoms with van der Waals surface area (Å²) in [6, 6.07) is 9.71. The lowest BCUT2D eigenvalue weighted by atomic mass is 10.1. The largest absolute Gasteiger partial charge is 0.457 e. The molecule has 1 aliphatic rings. The van der Waals surface area contributed by atoms with E-state index in [1.165, 1.54) is 0 Å². The molecule has 2 heterocycles. The third-order valence-corrected chi connectivity index (χ3v) is 3.43. The van der Waals surface area contributed by atoms with Crippen molar-refractivity contribution in [1.29, 1.82) is 0 Å². The number of rotatable bonds is 3. The van der Waals surface area contributed by atoms with Gasteiger partial charge in [-0.1, -0.05) is 30.3 Å². The number of hydrogen-bond donors (Lipinski definition) is 0. The van der Waals surface area contributed by atoms with E-state index in [0.29, 0.717) is 12.2 Å². The molecule has 0 spiro atoms. The number of hydrogen-bond acceptors (Lipinski definition) is 3. The van der Waals surface area contributed by atoms with Gasteiger partial charge >= 0.3 is 5.97 Å². The summed E-state index contributed by atoms with van der Waals surface area (Å²) in [5.41, 5.74) is 3.45. The summed E-state index contributed by atoms with van der Waals surface area (Å²) >= 11 is 0. The van der Waals surface area contributed by atoms with Gasteiger partial charge in [-0.2, -0.15) is 5.10 Å². The summed E-state index contributed by atoms with van der Waals surface area (Å²) in [4.78, 5) is 12.2. The van der Waals surface area contributed by atoms with Gasteiger partial charge in [0.25, 0.3) is 0 Å². The number of aromatic nitrogens is 2. The van der Waals surface area contributed by atoms with Crippen LogP contribution in [0.25, 0.3) is 0 Å². The van der Waals surface area contributed by atoms with Crippen LogP contribution in [-0.2, 0) is 24.3 Å². The molecule has 3 rings (SSSR count). The zero-order chi connectivity index (χ0) is 13.2. The van der Waals surface area contributed by atoms with E-state index in [4.69, 9.17) is 4.74 Å². The highest BCUT2D eigenvalue weighted by molar-refractivity contribution is 5.92. The van der Waals surface area contributed by atoms with Gasteiger partial charge in [-0.25, -0.2) is 4.79 Å². The van der Waals surface area contributed by atoms with Crippen LogP contribution in [0.1, 0.15) is 33.7 Å². The number of esters is 1. The van der Waals surface area contributed by atoms with Gasteiger partial charge in [0.1, 0.15) is 12.2 Å². The molecule has 0 amide bonds. The van der Waals surface area contributed by atoms with Crippen molar-refractivity contribution >= 4 is 5.97 Å². The maximum atomic E-state index is 12.2. The number of carbonyl (C=O) groups excluding carboxylic acids is 1. The minimum atomic E-state index is -0.260. The standard InChI is InChI=1S/C15H16N2O2/c1-11-14(13-8-5-9-17(13)16-11)15(18)19-10-12-6-3-2-4-7-12/h2-4,6-7H,5,8-10H2,1H3. The van der Waals surface area contributed by atoms with Crippen LogP contribution in [0.5, 0.6) is 0 Å². The highest BCUT2D eigenvalue weighted by Crippen LogP contribution is 2.22. The van der Waals surface area contributed by atoms with Gasteiger partial charge in [0, 0.05) is 6.54 Å². The van der Waals surface area contributed by atoms with Crippen LogP contribution in [0, 0.1) is 6.92 Å². The van der Waals surface area contributed by atoms with Crippen molar-refractivity contribution in [2.24, 2.45) is 0 Å². The Morgan fingerprint density at radius 2 is 2.16 bits per heavy atom. The molecule has 1 aromatic carbocycles. The summed E-state index contributed by atoms with van der Waals surface area (Å²) in [7, 11) is 0. The lowest BCUT2D eigenvalue weighted by Crippen LogP contribution is -2.08. The normalized spacial score (nSPS) is 13.3. The van der Waals surface area contributed by atoms with Gasteiger partial charge in [-0.3, -0.25) is 4.68 Å². The van der Waals surface area contributed by atoms with E-state index in [2.05, 4.69) is 5.10 Å². The molecular formula is C15H16N2O2. The molecule has 1 aromatic heterocycles. The van der Waals surface area contributed by atoms with Gasteiger partial charge in [-0.15, -0.1) is 0 Å². The number of fused-ring (bicyclic) bond motifs is 1. The molecule has 19 heavy (non-hydrogen) atoms. The SMILES string of the molecule is Cc1nn2c(c1C(=O)OCc1ccccc1)CCC2. The highest BCUT2D eigenvalue weighted by Gasteiger charge is 2.25. The van der Waals surface area contributed by atoms with E-state index in [1.54, 1.807) is 0 Å². The Kier molecular flexibility index (Phi) is 3.07. The molecule has 4 nitrogen and oxygen atoms in total. The van der Waals surface area contributed by atoms with Crippen LogP contribution in [0.4, 0.5) is 0 Å². The summed E-state index contributed by atoms with van der Waals surface area (Å²) < 4.78 is 7.31. The van der Waals surface area contributed by atoms with E-state index in [1.807, 2.05) is 41.9 Å². The molecule has 4 heteroatoms. The molecule has 0 saturated heterocycles. The van der Waals surface area contributed by atoms with Gasteiger partial charge < -0.3 is 4.74 Å². The Labute approximate surface area is 112 Å². The maximum absolute atomic E-state index is 12.2. The van der Waals surface area contributed by atoms with Gasteiger partial charge in [0.15, 0.2) is 0 Å². The predicted octanol–water partition coefficient (Wildman–Crippen LogP) is 2.49. The first-order valence-corrected chi connectivity index (χ1v) is 6.53. The Bertz CT molecular complexity index is 602. The molecule has 0 radical (unpaired) electrons. The Morgan fingerprint density at radius 3 is 2.95 bits per heavy atom. The van der Waals surface area contributed by atoms with Crippen LogP contribution in [-0.4, -0.2) is 15.7 Å². The summed E-state index contributed by atoms with van der Waals surface area (Å²) in [6.07, 6.45) is 1.97. The van der Waals surface area contributed by atoms with Gasteiger partial charge in [0.05, 0.1) is 11.4 Å². The van der Waals surface area contributed by atoms with E-state index in [-0.39, 0.29) is 5.97 Å². The number of ether oxygens (including phenoxy) is 1. The van der Waals surface area contributed by atoms with Crippen LogP contribution in [0.3, 0.4) is 0 Å².